The fourth-order valence-corrected chi connectivity index (χ4v) is 2.10. The zero-order valence-corrected chi connectivity index (χ0v) is 14.5. The van der Waals surface area contributed by atoms with Crippen LogP contribution in [0.25, 0.3) is 0 Å². The Morgan fingerprint density at radius 3 is 2.26 bits per heavy atom. The Morgan fingerprint density at radius 1 is 1.00 bits per heavy atom. The zero-order chi connectivity index (χ0) is 19.8. The van der Waals surface area contributed by atoms with Crippen LogP contribution in [-0.4, -0.2) is 39.3 Å². The van der Waals surface area contributed by atoms with E-state index >= 15 is 0 Å². The molecule has 0 saturated carbocycles. The third-order valence-electron chi connectivity index (χ3n) is 3.32. The molecule has 0 aliphatic rings. The highest BCUT2D eigenvalue weighted by atomic mass is 19.3. The topological polar surface area (TPSA) is 83.1 Å². The number of alkyl halides is 2. The van der Waals surface area contributed by atoms with Crippen molar-refractivity contribution in [2.75, 3.05) is 26.1 Å². The van der Waals surface area contributed by atoms with Crippen molar-refractivity contribution in [2.24, 2.45) is 0 Å². The summed E-state index contributed by atoms with van der Waals surface area (Å²) in [5.41, 5.74) is 0.440. The molecule has 7 nitrogen and oxygen atoms in total. The number of amides is 1. The first-order valence-electron chi connectivity index (χ1n) is 7.67. The first kappa shape index (κ1) is 20.0. The number of nitrogens with one attached hydrogen (secondary N) is 1. The SMILES string of the molecule is COc1ccc(OC)c(C(=O)OCC(=O)Nc2ccc(OC(F)F)cc2)c1. The van der Waals surface area contributed by atoms with Gasteiger partial charge in [-0.1, -0.05) is 0 Å². The number of carbonyl (C=O) groups excluding carboxylic acids is 2. The molecule has 0 fully saturated rings. The third kappa shape index (κ3) is 5.84. The minimum atomic E-state index is -2.93. The number of benzene rings is 2. The van der Waals surface area contributed by atoms with E-state index in [0.717, 1.165) is 0 Å². The van der Waals surface area contributed by atoms with Crippen LogP contribution >= 0.6 is 0 Å². The molecule has 27 heavy (non-hydrogen) atoms. The van der Waals surface area contributed by atoms with Gasteiger partial charge in [-0.3, -0.25) is 4.79 Å². The molecule has 0 spiro atoms. The number of rotatable bonds is 8. The fraction of sp³-hybridized carbons (Fsp3) is 0.222. The van der Waals surface area contributed by atoms with Gasteiger partial charge in [-0.2, -0.15) is 8.78 Å². The van der Waals surface area contributed by atoms with Crippen LogP contribution < -0.4 is 19.5 Å². The summed E-state index contributed by atoms with van der Waals surface area (Å²) in [5.74, 6) is -0.706. The number of carbonyl (C=O) groups is 2. The first-order valence-corrected chi connectivity index (χ1v) is 7.67. The average molecular weight is 381 g/mol. The van der Waals surface area contributed by atoms with Gasteiger partial charge in [0.1, 0.15) is 22.8 Å². The lowest BCUT2D eigenvalue weighted by Gasteiger charge is -2.11. The molecule has 144 valence electrons. The summed E-state index contributed by atoms with van der Waals surface area (Å²) in [6, 6.07) is 9.89. The van der Waals surface area contributed by atoms with Gasteiger partial charge in [-0.15, -0.1) is 0 Å². The second-order valence-electron chi connectivity index (χ2n) is 5.09. The summed E-state index contributed by atoms with van der Waals surface area (Å²) < 4.78 is 43.5. The van der Waals surface area contributed by atoms with Crippen molar-refractivity contribution in [2.45, 2.75) is 6.61 Å². The van der Waals surface area contributed by atoms with Crippen molar-refractivity contribution in [3.8, 4) is 17.2 Å². The molecule has 0 unspecified atom stereocenters. The number of anilines is 1. The van der Waals surface area contributed by atoms with Gasteiger partial charge in [-0.25, -0.2) is 4.79 Å². The van der Waals surface area contributed by atoms with Crippen molar-refractivity contribution in [3.63, 3.8) is 0 Å². The molecule has 0 radical (unpaired) electrons. The van der Waals surface area contributed by atoms with Gasteiger partial charge < -0.3 is 24.3 Å². The number of ether oxygens (including phenoxy) is 4. The standard InChI is InChI=1S/C18H17F2NO6/c1-24-13-7-8-15(25-2)14(9-13)17(23)26-10-16(22)21-11-3-5-12(6-4-11)27-18(19)20/h3-9,18H,10H2,1-2H3,(H,21,22). The Labute approximate surface area is 153 Å². The van der Waals surface area contributed by atoms with Crippen LogP contribution in [0.5, 0.6) is 17.2 Å². The smallest absolute Gasteiger partial charge is 0.387 e. The number of hydrogen-bond donors (Lipinski definition) is 1. The summed E-state index contributed by atoms with van der Waals surface area (Å²) in [5, 5.41) is 2.47. The van der Waals surface area contributed by atoms with Crippen molar-refractivity contribution in [3.05, 3.63) is 48.0 Å². The van der Waals surface area contributed by atoms with Gasteiger partial charge in [0.15, 0.2) is 6.61 Å². The average Bonchev–Trinajstić information content (AvgIpc) is 2.66. The van der Waals surface area contributed by atoms with Crippen LogP contribution in [0.2, 0.25) is 0 Å². The minimum absolute atomic E-state index is 0.0421. The van der Waals surface area contributed by atoms with Crippen molar-refractivity contribution in [1.29, 1.82) is 0 Å². The van der Waals surface area contributed by atoms with Crippen LogP contribution in [0.3, 0.4) is 0 Å². The highest BCUT2D eigenvalue weighted by molar-refractivity contribution is 5.97. The van der Waals surface area contributed by atoms with Crippen LogP contribution in [0.15, 0.2) is 42.5 Å². The Bertz CT molecular complexity index is 795. The number of hydrogen-bond acceptors (Lipinski definition) is 6. The van der Waals surface area contributed by atoms with E-state index in [9.17, 15) is 18.4 Å². The Balaban J connectivity index is 1.92. The molecule has 2 aromatic carbocycles. The molecule has 0 heterocycles. The lowest BCUT2D eigenvalue weighted by molar-refractivity contribution is -0.119. The minimum Gasteiger partial charge on any atom is -0.497 e. The predicted molar refractivity (Wildman–Crippen MR) is 91.5 cm³/mol. The molecule has 0 aliphatic heterocycles. The van der Waals surface area contributed by atoms with E-state index in [1.165, 1.54) is 44.6 Å². The summed E-state index contributed by atoms with van der Waals surface area (Å²) in [4.78, 5) is 24.1. The Hall–Kier alpha value is -3.36. The molecule has 0 aromatic heterocycles. The number of esters is 1. The lowest BCUT2D eigenvalue weighted by atomic mass is 10.2. The maximum atomic E-state index is 12.2. The molecule has 0 saturated heterocycles. The normalized spacial score (nSPS) is 10.3. The molecule has 1 N–H and O–H groups in total. The lowest BCUT2D eigenvalue weighted by Crippen LogP contribution is -2.21. The monoisotopic (exact) mass is 381 g/mol. The quantitative estimate of drug-likeness (QED) is 0.708. The molecule has 9 heteroatoms. The molecular formula is C18H17F2NO6. The maximum Gasteiger partial charge on any atom is 0.387 e. The maximum absolute atomic E-state index is 12.2. The van der Waals surface area contributed by atoms with Crippen molar-refractivity contribution < 1.29 is 37.3 Å². The van der Waals surface area contributed by atoms with E-state index in [1.54, 1.807) is 12.1 Å². The van der Waals surface area contributed by atoms with Crippen molar-refractivity contribution in [1.82, 2.24) is 0 Å². The third-order valence-corrected chi connectivity index (χ3v) is 3.32. The van der Waals surface area contributed by atoms with Gasteiger partial charge in [-0.05, 0) is 42.5 Å². The number of halogens is 2. The van der Waals surface area contributed by atoms with E-state index in [1.807, 2.05) is 0 Å². The molecule has 0 atom stereocenters. The fourth-order valence-electron chi connectivity index (χ4n) is 2.10. The van der Waals surface area contributed by atoms with Gasteiger partial charge in [0.2, 0.25) is 0 Å². The van der Waals surface area contributed by atoms with Gasteiger partial charge in [0, 0.05) is 5.69 Å². The van der Waals surface area contributed by atoms with Crippen molar-refractivity contribution >= 4 is 17.6 Å². The van der Waals surface area contributed by atoms with Crippen LogP contribution in [0.1, 0.15) is 10.4 Å². The summed E-state index contributed by atoms with van der Waals surface area (Å²) >= 11 is 0. The predicted octanol–water partition coefficient (Wildman–Crippen LogP) is 3.10. The van der Waals surface area contributed by atoms with E-state index in [2.05, 4.69) is 10.1 Å². The van der Waals surface area contributed by atoms with Gasteiger partial charge in [0.25, 0.3) is 5.91 Å². The second-order valence-corrected chi connectivity index (χ2v) is 5.09. The summed E-state index contributed by atoms with van der Waals surface area (Å²) in [6.45, 7) is -3.48. The molecule has 2 aromatic rings. The summed E-state index contributed by atoms with van der Waals surface area (Å²) in [6.07, 6.45) is 0. The van der Waals surface area contributed by atoms with Gasteiger partial charge >= 0.3 is 12.6 Å². The van der Waals surface area contributed by atoms with E-state index in [-0.39, 0.29) is 17.1 Å². The molecular weight excluding hydrogens is 364 g/mol. The highest BCUT2D eigenvalue weighted by Crippen LogP contribution is 2.24. The largest absolute Gasteiger partial charge is 0.497 e. The molecule has 1 amide bonds. The second kappa shape index (κ2) is 9.37. The Morgan fingerprint density at radius 2 is 1.67 bits per heavy atom. The molecule has 0 aliphatic carbocycles. The molecule has 0 bridgehead atoms. The van der Waals surface area contributed by atoms with Crippen LogP contribution in [-0.2, 0) is 9.53 Å². The van der Waals surface area contributed by atoms with Crippen LogP contribution in [0, 0.1) is 0 Å². The van der Waals surface area contributed by atoms with Gasteiger partial charge in [0.05, 0.1) is 14.2 Å². The van der Waals surface area contributed by atoms with Crippen LogP contribution in [0.4, 0.5) is 14.5 Å². The van der Waals surface area contributed by atoms with E-state index in [0.29, 0.717) is 11.4 Å². The number of methoxy groups -OCH3 is 2. The highest BCUT2D eigenvalue weighted by Gasteiger charge is 2.16. The Kier molecular flexibility index (Phi) is 6.93. The summed E-state index contributed by atoms with van der Waals surface area (Å²) in [7, 11) is 2.84. The zero-order valence-electron chi connectivity index (χ0n) is 14.5. The first-order chi connectivity index (χ1) is 12.9. The van der Waals surface area contributed by atoms with E-state index < -0.39 is 25.1 Å². The van der Waals surface area contributed by atoms with E-state index in [4.69, 9.17) is 14.2 Å². The molecule has 2 rings (SSSR count).